The Morgan fingerprint density at radius 2 is 1.81 bits per heavy atom. The number of nitrogens with zero attached hydrogens (tertiary/aromatic N) is 1. The van der Waals surface area contributed by atoms with Gasteiger partial charge in [0.05, 0.1) is 11.0 Å². The molecule has 0 bridgehead atoms. The van der Waals surface area contributed by atoms with Gasteiger partial charge in [0, 0.05) is 11.1 Å². The number of fused-ring (bicyclic) bond motifs is 3. The van der Waals surface area contributed by atoms with E-state index in [0.29, 0.717) is 0 Å². The fourth-order valence-corrected chi connectivity index (χ4v) is 1.97. The van der Waals surface area contributed by atoms with E-state index in [2.05, 4.69) is 36.7 Å². The van der Waals surface area contributed by atoms with Crippen LogP contribution in [0.25, 0.3) is 17.7 Å². The lowest BCUT2D eigenvalue weighted by Crippen LogP contribution is -2.12. The van der Waals surface area contributed by atoms with Crippen molar-refractivity contribution >= 4 is 12.3 Å². The van der Waals surface area contributed by atoms with Crippen LogP contribution in [0.4, 0.5) is 5.69 Å². The molecule has 1 heteroatoms. The van der Waals surface area contributed by atoms with Gasteiger partial charge in [0.15, 0.2) is 0 Å². The summed E-state index contributed by atoms with van der Waals surface area (Å²) in [5.74, 6) is 0. The van der Waals surface area contributed by atoms with E-state index in [4.69, 9.17) is 0 Å². The van der Waals surface area contributed by atoms with Crippen molar-refractivity contribution in [2.24, 2.45) is 4.99 Å². The summed E-state index contributed by atoms with van der Waals surface area (Å²) in [6, 6.07) is 12.5. The van der Waals surface area contributed by atoms with Crippen LogP contribution < -0.4 is 10.6 Å². The number of hydrogen-bond donors (Lipinski definition) is 0. The summed E-state index contributed by atoms with van der Waals surface area (Å²) in [5, 5.41) is 2.15. The van der Waals surface area contributed by atoms with Gasteiger partial charge in [0.2, 0.25) is 0 Å². The molecule has 80 valence electrons. The second kappa shape index (κ2) is 3.60. The Kier molecular flexibility index (Phi) is 2.39. The Morgan fingerprint density at radius 1 is 1.06 bits per heavy atom. The SMILES string of the molecule is C.C=c1cc2c(cc1C)=Nc1ccccc1-2. The van der Waals surface area contributed by atoms with Crippen molar-refractivity contribution in [2.75, 3.05) is 0 Å². The molecular formula is C15H15N. The molecule has 0 radical (unpaired) electrons. The minimum absolute atomic E-state index is 0. The van der Waals surface area contributed by atoms with Gasteiger partial charge < -0.3 is 0 Å². The van der Waals surface area contributed by atoms with Gasteiger partial charge in [-0.2, -0.15) is 0 Å². The normalized spacial score (nSPS) is 11.1. The molecule has 16 heavy (non-hydrogen) atoms. The highest BCUT2D eigenvalue weighted by Gasteiger charge is 2.12. The molecule has 0 saturated carbocycles. The highest BCUT2D eigenvalue weighted by atomic mass is 14.8. The van der Waals surface area contributed by atoms with Crippen molar-refractivity contribution in [1.29, 1.82) is 0 Å². The van der Waals surface area contributed by atoms with Crippen molar-refractivity contribution < 1.29 is 0 Å². The number of hydrogen-bond acceptors (Lipinski definition) is 1. The van der Waals surface area contributed by atoms with Crippen LogP contribution in [-0.2, 0) is 0 Å². The molecule has 0 amide bonds. The molecule has 0 N–H and O–H groups in total. The van der Waals surface area contributed by atoms with Crippen molar-refractivity contribution in [2.45, 2.75) is 14.4 Å². The van der Waals surface area contributed by atoms with E-state index in [1.54, 1.807) is 0 Å². The van der Waals surface area contributed by atoms with E-state index in [0.717, 1.165) is 16.3 Å². The third kappa shape index (κ3) is 1.36. The van der Waals surface area contributed by atoms with Gasteiger partial charge in [0.25, 0.3) is 0 Å². The Hall–Kier alpha value is -1.89. The van der Waals surface area contributed by atoms with Crippen molar-refractivity contribution in [3.8, 4) is 11.1 Å². The molecule has 0 spiro atoms. The number of rotatable bonds is 0. The summed E-state index contributed by atoms with van der Waals surface area (Å²) in [6.45, 7) is 6.10. The molecule has 2 aromatic carbocycles. The summed E-state index contributed by atoms with van der Waals surface area (Å²) in [4.78, 5) is 4.59. The van der Waals surface area contributed by atoms with E-state index in [1.165, 1.54) is 16.7 Å². The highest BCUT2D eigenvalue weighted by Crippen LogP contribution is 2.31. The summed E-state index contributed by atoms with van der Waals surface area (Å²) in [5.41, 5.74) is 4.70. The molecule has 1 aliphatic heterocycles. The number of aryl methyl sites for hydroxylation is 1. The molecule has 1 aliphatic rings. The molecular weight excluding hydrogens is 194 g/mol. The average Bonchev–Trinajstić information content (AvgIpc) is 2.57. The van der Waals surface area contributed by atoms with Crippen LogP contribution in [0.5, 0.6) is 0 Å². The second-order valence-corrected chi connectivity index (χ2v) is 3.92. The average molecular weight is 209 g/mol. The van der Waals surface area contributed by atoms with Gasteiger partial charge in [-0.1, -0.05) is 32.2 Å². The Balaban J connectivity index is 0.000000963. The maximum absolute atomic E-state index is 4.59. The summed E-state index contributed by atoms with van der Waals surface area (Å²) in [7, 11) is 0. The topological polar surface area (TPSA) is 12.4 Å². The van der Waals surface area contributed by atoms with Crippen molar-refractivity contribution in [3.63, 3.8) is 0 Å². The molecule has 1 heterocycles. The molecule has 0 aromatic heterocycles. The van der Waals surface area contributed by atoms with E-state index in [1.807, 2.05) is 18.2 Å². The second-order valence-electron chi connectivity index (χ2n) is 3.92. The molecule has 0 fully saturated rings. The fraction of sp³-hybridized carbons (Fsp3) is 0.133. The van der Waals surface area contributed by atoms with Gasteiger partial charge >= 0.3 is 0 Å². The highest BCUT2D eigenvalue weighted by molar-refractivity contribution is 5.79. The standard InChI is InChI=1S/C14H11N.CH4/c1-9-7-12-11-5-3-4-6-13(11)15-14(12)8-10(9)2;/h3-8H,1H2,2H3;1H4. The lowest BCUT2D eigenvalue weighted by Gasteiger charge is -1.99. The zero-order valence-corrected chi connectivity index (χ0v) is 8.62. The molecule has 0 unspecified atom stereocenters. The number of benzene rings is 2. The maximum Gasteiger partial charge on any atom is 0.0719 e. The first kappa shape index (κ1) is 10.6. The van der Waals surface area contributed by atoms with Crippen LogP contribution in [0.1, 0.15) is 13.0 Å². The first-order chi connectivity index (χ1) is 7.25. The first-order valence-corrected chi connectivity index (χ1v) is 5.03. The predicted octanol–water partition coefficient (Wildman–Crippen LogP) is 2.97. The van der Waals surface area contributed by atoms with Crippen LogP contribution in [-0.4, -0.2) is 0 Å². The van der Waals surface area contributed by atoms with Gasteiger partial charge in [-0.05, 0) is 35.9 Å². The smallest absolute Gasteiger partial charge is 0.0719 e. The van der Waals surface area contributed by atoms with Gasteiger partial charge in [-0.3, -0.25) is 0 Å². The minimum Gasteiger partial charge on any atom is -0.248 e. The Bertz CT molecular complexity index is 654. The minimum atomic E-state index is 0. The number of para-hydroxylation sites is 1. The van der Waals surface area contributed by atoms with Crippen LogP contribution in [0, 0.1) is 6.92 Å². The quantitative estimate of drug-likeness (QED) is 0.540. The Labute approximate surface area is 95.8 Å². The van der Waals surface area contributed by atoms with E-state index in [9.17, 15) is 0 Å². The summed E-state index contributed by atoms with van der Waals surface area (Å²) >= 11 is 0. The van der Waals surface area contributed by atoms with Gasteiger partial charge in [-0.15, -0.1) is 0 Å². The third-order valence-electron chi connectivity index (χ3n) is 2.89. The van der Waals surface area contributed by atoms with E-state index in [-0.39, 0.29) is 7.43 Å². The fourth-order valence-electron chi connectivity index (χ4n) is 1.97. The lowest BCUT2D eigenvalue weighted by atomic mass is 10.0. The van der Waals surface area contributed by atoms with Crippen molar-refractivity contribution in [1.82, 2.24) is 0 Å². The summed E-state index contributed by atoms with van der Waals surface area (Å²) in [6.07, 6.45) is 0. The van der Waals surface area contributed by atoms with Crippen LogP contribution in [0.15, 0.2) is 41.4 Å². The van der Waals surface area contributed by atoms with Crippen LogP contribution >= 0.6 is 0 Å². The van der Waals surface area contributed by atoms with Crippen LogP contribution in [0.2, 0.25) is 0 Å². The van der Waals surface area contributed by atoms with Crippen molar-refractivity contribution in [3.05, 3.63) is 52.5 Å². The molecule has 2 aromatic rings. The van der Waals surface area contributed by atoms with E-state index < -0.39 is 0 Å². The third-order valence-corrected chi connectivity index (χ3v) is 2.89. The largest absolute Gasteiger partial charge is 0.248 e. The maximum atomic E-state index is 4.59. The van der Waals surface area contributed by atoms with Gasteiger partial charge in [-0.25, -0.2) is 4.99 Å². The molecule has 3 rings (SSSR count). The van der Waals surface area contributed by atoms with Crippen LogP contribution in [0.3, 0.4) is 0 Å². The molecule has 0 aliphatic carbocycles. The first-order valence-electron chi connectivity index (χ1n) is 5.03. The molecule has 0 saturated heterocycles. The zero-order chi connectivity index (χ0) is 10.4. The molecule has 1 nitrogen and oxygen atoms in total. The Morgan fingerprint density at radius 3 is 2.62 bits per heavy atom. The predicted molar refractivity (Wildman–Crippen MR) is 69.3 cm³/mol. The monoisotopic (exact) mass is 209 g/mol. The van der Waals surface area contributed by atoms with E-state index >= 15 is 0 Å². The zero-order valence-electron chi connectivity index (χ0n) is 8.62. The lowest BCUT2D eigenvalue weighted by molar-refractivity contribution is 1.34. The van der Waals surface area contributed by atoms with Gasteiger partial charge in [0.1, 0.15) is 0 Å². The molecule has 0 atom stereocenters. The summed E-state index contributed by atoms with van der Waals surface area (Å²) < 4.78 is 0.